The van der Waals surface area contributed by atoms with Crippen molar-refractivity contribution in [3.63, 3.8) is 0 Å². The van der Waals surface area contributed by atoms with E-state index >= 15 is 0 Å². The van der Waals surface area contributed by atoms with Crippen molar-refractivity contribution in [3.05, 3.63) is 12.2 Å². The lowest BCUT2D eigenvalue weighted by Gasteiger charge is -2.23. The molecule has 2 atom stereocenters. The number of amides is 1. The van der Waals surface area contributed by atoms with Crippen LogP contribution in [-0.4, -0.2) is 41.9 Å². The smallest absolute Gasteiger partial charge is 0.266 e. The molecule has 0 aromatic carbocycles. The zero-order valence-electron chi connectivity index (χ0n) is 24.1. The van der Waals surface area contributed by atoms with Crippen molar-refractivity contribution in [1.29, 1.82) is 0 Å². The van der Waals surface area contributed by atoms with Crippen LogP contribution >= 0.6 is 0 Å². The summed E-state index contributed by atoms with van der Waals surface area (Å²) in [5.41, 5.74) is 0. The highest BCUT2D eigenvalue weighted by molar-refractivity contribution is 7.85. The van der Waals surface area contributed by atoms with Gasteiger partial charge in [-0.1, -0.05) is 122 Å². The third kappa shape index (κ3) is 26.5. The molecule has 0 radical (unpaired) electrons. The summed E-state index contributed by atoms with van der Waals surface area (Å²) in [6.07, 6.45) is 27.6. The van der Waals surface area contributed by atoms with Crippen LogP contribution in [0.3, 0.4) is 0 Å². The molecule has 7 heteroatoms. The number of aliphatic hydroxyl groups excluding tert-OH is 1. The number of hydrogen-bond donors (Lipinski definition) is 3. The highest BCUT2D eigenvalue weighted by atomic mass is 32.2. The molecule has 220 valence electrons. The summed E-state index contributed by atoms with van der Waals surface area (Å²) in [7, 11) is -4.29. The molecule has 0 aromatic heterocycles. The standard InChI is InChI=1S/C30H59NO5S/c1-3-5-7-9-11-12-13-14-15-16-17-18-19-20-22-24-26-30(33)31-28(27-37(34,35)36)29(32)25-23-21-10-8-6-4-2/h15-16,28-29,32H,3-14,17-27H2,1-2H3,(H,31,33)(H,34,35,36)/b16-15-. The van der Waals surface area contributed by atoms with Crippen molar-refractivity contribution in [3.8, 4) is 0 Å². The molecule has 37 heavy (non-hydrogen) atoms. The Morgan fingerprint density at radius 3 is 1.62 bits per heavy atom. The minimum absolute atomic E-state index is 0.260. The summed E-state index contributed by atoms with van der Waals surface area (Å²) >= 11 is 0. The number of carbonyl (C=O) groups is 1. The van der Waals surface area contributed by atoms with E-state index in [-0.39, 0.29) is 5.91 Å². The predicted octanol–water partition coefficient (Wildman–Crippen LogP) is 7.90. The van der Waals surface area contributed by atoms with Crippen LogP contribution in [0, 0.1) is 0 Å². The molecule has 0 spiro atoms. The molecule has 0 rings (SSSR count). The van der Waals surface area contributed by atoms with E-state index in [1.165, 1.54) is 70.6 Å². The van der Waals surface area contributed by atoms with Crippen molar-refractivity contribution >= 4 is 16.0 Å². The van der Waals surface area contributed by atoms with Crippen molar-refractivity contribution in [2.24, 2.45) is 0 Å². The molecule has 0 fully saturated rings. The molecule has 3 N–H and O–H groups in total. The van der Waals surface area contributed by atoms with Crippen molar-refractivity contribution in [2.75, 3.05) is 5.75 Å². The topological polar surface area (TPSA) is 104 Å². The Kier molecular flexibility index (Phi) is 24.7. The normalized spacial score (nSPS) is 13.7. The van der Waals surface area contributed by atoms with Crippen LogP contribution < -0.4 is 5.32 Å². The fourth-order valence-corrected chi connectivity index (χ4v) is 5.38. The fraction of sp³-hybridized carbons (Fsp3) is 0.900. The van der Waals surface area contributed by atoms with E-state index in [4.69, 9.17) is 0 Å². The first-order chi connectivity index (χ1) is 17.8. The lowest BCUT2D eigenvalue weighted by Crippen LogP contribution is -2.47. The summed E-state index contributed by atoms with van der Waals surface area (Å²) in [6.45, 7) is 4.41. The van der Waals surface area contributed by atoms with E-state index in [0.29, 0.717) is 12.8 Å². The molecule has 0 aliphatic rings. The Bertz CT molecular complexity index is 650. The van der Waals surface area contributed by atoms with Crippen LogP contribution in [0.15, 0.2) is 12.2 Å². The molecule has 0 aromatic rings. The van der Waals surface area contributed by atoms with Crippen LogP contribution in [0.2, 0.25) is 0 Å². The van der Waals surface area contributed by atoms with Gasteiger partial charge in [-0.05, 0) is 38.5 Å². The third-order valence-electron chi connectivity index (χ3n) is 6.97. The number of aliphatic hydroxyl groups is 1. The van der Waals surface area contributed by atoms with Gasteiger partial charge in [-0.2, -0.15) is 8.42 Å². The molecule has 2 unspecified atom stereocenters. The third-order valence-corrected chi connectivity index (χ3v) is 7.75. The number of allylic oxidation sites excluding steroid dienone is 2. The first-order valence-corrected chi connectivity index (χ1v) is 17.0. The van der Waals surface area contributed by atoms with Crippen molar-refractivity contribution in [1.82, 2.24) is 5.32 Å². The van der Waals surface area contributed by atoms with Gasteiger partial charge in [0, 0.05) is 6.42 Å². The molecule has 0 saturated carbocycles. The predicted molar refractivity (Wildman–Crippen MR) is 156 cm³/mol. The molecular weight excluding hydrogens is 486 g/mol. The van der Waals surface area contributed by atoms with Gasteiger partial charge in [0.25, 0.3) is 10.1 Å². The Balaban J connectivity index is 3.91. The number of hydrogen-bond acceptors (Lipinski definition) is 4. The average Bonchev–Trinajstić information content (AvgIpc) is 2.84. The minimum Gasteiger partial charge on any atom is -0.391 e. The van der Waals surface area contributed by atoms with E-state index in [1.807, 2.05) is 0 Å². The van der Waals surface area contributed by atoms with Crippen LogP contribution in [0.4, 0.5) is 0 Å². The van der Waals surface area contributed by atoms with E-state index in [0.717, 1.165) is 57.8 Å². The lowest BCUT2D eigenvalue weighted by atomic mass is 10.0. The van der Waals surface area contributed by atoms with Crippen LogP contribution in [0.1, 0.15) is 155 Å². The fourth-order valence-electron chi connectivity index (χ4n) is 4.62. The molecular formula is C30H59NO5S. The Labute approximate surface area is 229 Å². The second-order valence-corrected chi connectivity index (χ2v) is 12.2. The van der Waals surface area contributed by atoms with Gasteiger partial charge in [-0.3, -0.25) is 9.35 Å². The summed E-state index contributed by atoms with van der Waals surface area (Å²) in [5, 5.41) is 13.1. The number of rotatable bonds is 27. The molecule has 0 bridgehead atoms. The van der Waals surface area contributed by atoms with Crippen LogP contribution in [-0.2, 0) is 14.9 Å². The quantitative estimate of drug-likeness (QED) is 0.0553. The first-order valence-electron chi connectivity index (χ1n) is 15.4. The van der Waals surface area contributed by atoms with Gasteiger partial charge in [0.2, 0.25) is 5.91 Å². The summed E-state index contributed by atoms with van der Waals surface area (Å²) in [4.78, 5) is 12.3. The molecule has 6 nitrogen and oxygen atoms in total. The van der Waals surface area contributed by atoms with Gasteiger partial charge < -0.3 is 10.4 Å². The zero-order chi connectivity index (χ0) is 27.6. The number of unbranched alkanes of at least 4 members (excludes halogenated alkanes) is 17. The maximum Gasteiger partial charge on any atom is 0.266 e. The zero-order valence-corrected chi connectivity index (χ0v) is 24.9. The van der Waals surface area contributed by atoms with E-state index in [9.17, 15) is 22.9 Å². The van der Waals surface area contributed by atoms with Crippen molar-refractivity contribution in [2.45, 2.75) is 167 Å². The second-order valence-electron chi connectivity index (χ2n) is 10.7. The minimum atomic E-state index is -4.29. The number of carbonyl (C=O) groups excluding carboxylic acids is 1. The Morgan fingerprint density at radius 2 is 1.14 bits per heavy atom. The molecule has 0 heterocycles. The van der Waals surface area contributed by atoms with Gasteiger partial charge in [0.1, 0.15) is 0 Å². The molecule has 0 aliphatic carbocycles. The van der Waals surface area contributed by atoms with Gasteiger partial charge in [0.15, 0.2) is 0 Å². The molecule has 1 amide bonds. The van der Waals surface area contributed by atoms with E-state index in [2.05, 4.69) is 31.3 Å². The van der Waals surface area contributed by atoms with E-state index in [1.54, 1.807) is 0 Å². The average molecular weight is 546 g/mol. The first kappa shape index (κ1) is 36.1. The van der Waals surface area contributed by atoms with Gasteiger partial charge in [0.05, 0.1) is 17.9 Å². The Morgan fingerprint density at radius 1 is 0.703 bits per heavy atom. The second kappa shape index (κ2) is 25.4. The molecule has 0 aliphatic heterocycles. The summed E-state index contributed by atoms with van der Waals surface area (Å²) in [5.74, 6) is -0.911. The van der Waals surface area contributed by atoms with Gasteiger partial charge in [-0.15, -0.1) is 0 Å². The monoisotopic (exact) mass is 545 g/mol. The summed E-state index contributed by atoms with van der Waals surface area (Å²) in [6, 6.07) is -0.967. The van der Waals surface area contributed by atoms with Gasteiger partial charge >= 0.3 is 0 Å². The maximum atomic E-state index is 12.3. The lowest BCUT2D eigenvalue weighted by molar-refractivity contribution is -0.122. The summed E-state index contributed by atoms with van der Waals surface area (Å²) < 4.78 is 32.0. The largest absolute Gasteiger partial charge is 0.391 e. The number of nitrogens with one attached hydrogen (secondary N) is 1. The highest BCUT2D eigenvalue weighted by Gasteiger charge is 2.25. The van der Waals surface area contributed by atoms with Crippen LogP contribution in [0.25, 0.3) is 0 Å². The van der Waals surface area contributed by atoms with Gasteiger partial charge in [-0.25, -0.2) is 0 Å². The maximum absolute atomic E-state index is 12.3. The Hall–Kier alpha value is -0.920. The van der Waals surface area contributed by atoms with Crippen LogP contribution in [0.5, 0.6) is 0 Å². The highest BCUT2D eigenvalue weighted by Crippen LogP contribution is 2.13. The SMILES string of the molecule is CCCCCCCCC/C=C\CCCCCCCC(=O)NC(CS(=O)(=O)O)C(O)CCCCCCCC. The van der Waals surface area contributed by atoms with Crippen molar-refractivity contribution < 1.29 is 22.9 Å². The molecule has 0 saturated heterocycles. The van der Waals surface area contributed by atoms with E-state index < -0.39 is 28.0 Å².